The Labute approximate surface area is 75.0 Å². The second kappa shape index (κ2) is 2.84. The highest BCUT2D eigenvalue weighted by atomic mass is 32.1. The number of rotatable bonds is 1. The molecule has 0 aliphatic heterocycles. The number of hydrogen-bond acceptors (Lipinski definition) is 3. The van der Waals surface area contributed by atoms with Crippen molar-refractivity contribution < 1.29 is 0 Å². The standard InChI is InChI=1S/C9H10N2S/c1-6(10)8-5-12-9-7(8)3-2-4-11-9/h2-6H,10H2,1H3. The van der Waals surface area contributed by atoms with E-state index in [9.17, 15) is 0 Å². The van der Waals surface area contributed by atoms with Gasteiger partial charge in [0, 0.05) is 17.6 Å². The quantitative estimate of drug-likeness (QED) is 0.727. The largest absolute Gasteiger partial charge is 0.324 e. The molecule has 0 saturated carbocycles. The number of pyridine rings is 1. The van der Waals surface area contributed by atoms with E-state index in [0.717, 1.165) is 4.83 Å². The summed E-state index contributed by atoms with van der Waals surface area (Å²) in [5.74, 6) is 0. The first-order chi connectivity index (χ1) is 5.79. The molecule has 0 aliphatic rings. The molecule has 0 aliphatic carbocycles. The maximum atomic E-state index is 5.80. The summed E-state index contributed by atoms with van der Waals surface area (Å²) < 4.78 is 0. The Morgan fingerprint density at radius 1 is 1.58 bits per heavy atom. The summed E-state index contributed by atoms with van der Waals surface area (Å²) in [4.78, 5) is 5.32. The van der Waals surface area contributed by atoms with Gasteiger partial charge in [-0.1, -0.05) is 6.07 Å². The van der Waals surface area contributed by atoms with Crippen LogP contribution in [0, 0.1) is 0 Å². The van der Waals surface area contributed by atoms with Crippen LogP contribution in [0.1, 0.15) is 18.5 Å². The molecule has 2 heterocycles. The van der Waals surface area contributed by atoms with Gasteiger partial charge >= 0.3 is 0 Å². The molecule has 0 radical (unpaired) electrons. The van der Waals surface area contributed by atoms with Gasteiger partial charge < -0.3 is 5.73 Å². The molecule has 0 spiro atoms. The van der Waals surface area contributed by atoms with E-state index in [1.807, 2.05) is 19.2 Å². The molecule has 0 fully saturated rings. The van der Waals surface area contributed by atoms with Gasteiger partial charge in [0.05, 0.1) is 0 Å². The van der Waals surface area contributed by atoms with E-state index in [0.29, 0.717) is 0 Å². The summed E-state index contributed by atoms with van der Waals surface area (Å²) in [6, 6.07) is 4.11. The van der Waals surface area contributed by atoms with Crippen molar-refractivity contribution in [2.75, 3.05) is 0 Å². The van der Waals surface area contributed by atoms with Gasteiger partial charge in [-0.25, -0.2) is 4.98 Å². The number of fused-ring (bicyclic) bond motifs is 1. The van der Waals surface area contributed by atoms with Gasteiger partial charge in [0.2, 0.25) is 0 Å². The number of hydrogen-bond donors (Lipinski definition) is 1. The van der Waals surface area contributed by atoms with Crippen LogP contribution in [0.5, 0.6) is 0 Å². The minimum absolute atomic E-state index is 0.1000. The molecule has 2 N–H and O–H groups in total. The Balaban J connectivity index is 2.70. The van der Waals surface area contributed by atoms with Gasteiger partial charge in [-0.2, -0.15) is 0 Å². The minimum Gasteiger partial charge on any atom is -0.324 e. The lowest BCUT2D eigenvalue weighted by molar-refractivity contribution is 0.830. The molecule has 0 saturated heterocycles. The minimum atomic E-state index is 0.1000. The first kappa shape index (κ1) is 7.71. The summed E-state index contributed by atoms with van der Waals surface area (Å²) in [5, 5.41) is 3.28. The normalized spacial score (nSPS) is 13.5. The predicted octanol–water partition coefficient (Wildman–Crippen LogP) is 2.32. The highest BCUT2D eigenvalue weighted by Gasteiger charge is 2.06. The average molecular weight is 178 g/mol. The van der Waals surface area contributed by atoms with Crippen molar-refractivity contribution in [1.82, 2.24) is 4.98 Å². The third-order valence-electron chi connectivity index (χ3n) is 1.87. The molecule has 2 rings (SSSR count). The van der Waals surface area contributed by atoms with E-state index in [4.69, 9.17) is 5.73 Å². The molecule has 3 heteroatoms. The SMILES string of the molecule is CC(N)c1csc2ncccc12. The molecule has 0 amide bonds. The topological polar surface area (TPSA) is 38.9 Å². The van der Waals surface area contributed by atoms with Crippen molar-refractivity contribution in [2.24, 2.45) is 5.73 Å². The molecule has 0 aromatic carbocycles. The van der Waals surface area contributed by atoms with Crippen LogP contribution in [-0.2, 0) is 0 Å². The van der Waals surface area contributed by atoms with E-state index >= 15 is 0 Å². The second-order valence-corrected chi connectivity index (χ2v) is 3.69. The second-order valence-electron chi connectivity index (χ2n) is 2.84. The van der Waals surface area contributed by atoms with Crippen LogP contribution in [0.3, 0.4) is 0 Å². The average Bonchev–Trinajstić information content (AvgIpc) is 2.47. The third kappa shape index (κ3) is 1.11. The Bertz CT molecular complexity index is 392. The Morgan fingerprint density at radius 3 is 3.17 bits per heavy atom. The number of nitrogens with two attached hydrogens (primary N) is 1. The van der Waals surface area contributed by atoms with E-state index in [2.05, 4.69) is 16.4 Å². The predicted molar refractivity (Wildman–Crippen MR) is 52.2 cm³/mol. The van der Waals surface area contributed by atoms with Crippen LogP contribution in [0.15, 0.2) is 23.7 Å². The highest BCUT2D eigenvalue weighted by Crippen LogP contribution is 2.26. The molecule has 62 valence electrons. The zero-order valence-corrected chi connectivity index (χ0v) is 7.64. The number of thiophene rings is 1. The van der Waals surface area contributed by atoms with Gasteiger partial charge in [-0.05, 0) is 23.9 Å². The first-order valence-corrected chi connectivity index (χ1v) is 4.74. The van der Waals surface area contributed by atoms with Crippen molar-refractivity contribution in [2.45, 2.75) is 13.0 Å². The number of nitrogens with zero attached hydrogens (tertiary/aromatic N) is 1. The molecular formula is C9H10N2S. The smallest absolute Gasteiger partial charge is 0.123 e. The van der Waals surface area contributed by atoms with E-state index in [-0.39, 0.29) is 6.04 Å². The summed E-state index contributed by atoms with van der Waals surface area (Å²) in [5.41, 5.74) is 7.00. The van der Waals surface area contributed by atoms with Crippen molar-refractivity contribution in [3.05, 3.63) is 29.3 Å². The molecule has 1 atom stereocenters. The monoisotopic (exact) mass is 178 g/mol. The van der Waals surface area contributed by atoms with Crippen molar-refractivity contribution >= 4 is 21.6 Å². The van der Waals surface area contributed by atoms with Crippen LogP contribution >= 0.6 is 11.3 Å². The summed E-state index contributed by atoms with van der Waals surface area (Å²) in [6.45, 7) is 1.99. The lowest BCUT2D eigenvalue weighted by Crippen LogP contribution is -2.03. The van der Waals surface area contributed by atoms with Crippen LogP contribution < -0.4 is 5.73 Å². The first-order valence-electron chi connectivity index (χ1n) is 3.87. The van der Waals surface area contributed by atoms with E-state index < -0.39 is 0 Å². The van der Waals surface area contributed by atoms with Crippen molar-refractivity contribution in [3.8, 4) is 0 Å². The number of aromatic nitrogens is 1. The summed E-state index contributed by atoms with van der Waals surface area (Å²) in [6.07, 6.45) is 1.81. The fourth-order valence-electron chi connectivity index (χ4n) is 1.24. The lowest BCUT2D eigenvalue weighted by Gasteiger charge is -2.01. The van der Waals surface area contributed by atoms with E-state index in [1.165, 1.54) is 10.9 Å². The molecular weight excluding hydrogens is 168 g/mol. The lowest BCUT2D eigenvalue weighted by atomic mass is 10.1. The van der Waals surface area contributed by atoms with Crippen LogP contribution in [0.4, 0.5) is 0 Å². The summed E-state index contributed by atoms with van der Waals surface area (Å²) >= 11 is 1.65. The fraction of sp³-hybridized carbons (Fsp3) is 0.222. The zero-order valence-electron chi connectivity index (χ0n) is 6.82. The van der Waals surface area contributed by atoms with Gasteiger partial charge in [-0.3, -0.25) is 0 Å². The maximum Gasteiger partial charge on any atom is 0.123 e. The third-order valence-corrected chi connectivity index (χ3v) is 2.79. The highest BCUT2D eigenvalue weighted by molar-refractivity contribution is 7.16. The maximum absolute atomic E-state index is 5.80. The summed E-state index contributed by atoms with van der Waals surface area (Å²) in [7, 11) is 0. The van der Waals surface area contributed by atoms with Crippen LogP contribution in [0.25, 0.3) is 10.2 Å². The van der Waals surface area contributed by atoms with Gasteiger partial charge in [-0.15, -0.1) is 11.3 Å². The molecule has 0 bridgehead atoms. The van der Waals surface area contributed by atoms with Crippen LogP contribution in [0.2, 0.25) is 0 Å². The molecule has 2 aromatic rings. The molecule has 2 aromatic heterocycles. The molecule has 2 nitrogen and oxygen atoms in total. The Morgan fingerprint density at radius 2 is 2.42 bits per heavy atom. The Kier molecular flexibility index (Phi) is 1.83. The van der Waals surface area contributed by atoms with Gasteiger partial charge in [0.1, 0.15) is 4.83 Å². The molecule has 12 heavy (non-hydrogen) atoms. The van der Waals surface area contributed by atoms with Crippen molar-refractivity contribution in [3.63, 3.8) is 0 Å². The fourth-order valence-corrected chi connectivity index (χ4v) is 2.25. The van der Waals surface area contributed by atoms with Gasteiger partial charge in [0.25, 0.3) is 0 Å². The Hall–Kier alpha value is -0.930. The van der Waals surface area contributed by atoms with Crippen LogP contribution in [-0.4, -0.2) is 4.98 Å². The van der Waals surface area contributed by atoms with Gasteiger partial charge in [0.15, 0.2) is 0 Å². The van der Waals surface area contributed by atoms with Crippen molar-refractivity contribution in [1.29, 1.82) is 0 Å². The molecule has 1 unspecified atom stereocenters. The zero-order chi connectivity index (χ0) is 8.55. The van der Waals surface area contributed by atoms with E-state index in [1.54, 1.807) is 11.3 Å².